The SMILES string of the molecule is C.[C-]#[N+]c1cc2cc(C(C)(O)CSCC)[nH]c2cc1C.[C-]#[N+]c1cc2cc(C(C)(O)CSCC)[nH]c2cc1C. The molecule has 0 fully saturated rings. The molecule has 208 valence electrons. The summed E-state index contributed by atoms with van der Waals surface area (Å²) in [7, 11) is 0. The molecule has 0 aliphatic heterocycles. The Hall–Kier alpha value is -2.88. The highest BCUT2D eigenvalue weighted by atomic mass is 32.2. The molecular formula is C31H40N4O2S2. The summed E-state index contributed by atoms with van der Waals surface area (Å²) in [6, 6.07) is 11.6. The summed E-state index contributed by atoms with van der Waals surface area (Å²) in [4.78, 5) is 13.6. The lowest BCUT2D eigenvalue weighted by Crippen LogP contribution is -2.24. The lowest BCUT2D eigenvalue weighted by atomic mass is 10.1. The molecule has 39 heavy (non-hydrogen) atoms. The number of benzene rings is 2. The molecular weight excluding hydrogens is 525 g/mol. The Labute approximate surface area is 241 Å². The maximum absolute atomic E-state index is 10.5. The molecule has 4 rings (SSSR count). The van der Waals surface area contributed by atoms with Crippen molar-refractivity contribution in [2.75, 3.05) is 23.0 Å². The summed E-state index contributed by atoms with van der Waals surface area (Å²) in [5, 5.41) is 23.0. The molecule has 2 aromatic carbocycles. The van der Waals surface area contributed by atoms with Crippen molar-refractivity contribution in [2.45, 2.75) is 60.2 Å². The van der Waals surface area contributed by atoms with E-state index >= 15 is 0 Å². The predicted molar refractivity (Wildman–Crippen MR) is 170 cm³/mol. The number of H-pyrrole nitrogens is 2. The molecule has 0 radical (unpaired) electrons. The van der Waals surface area contributed by atoms with Crippen LogP contribution in [0, 0.1) is 27.0 Å². The number of rotatable bonds is 8. The van der Waals surface area contributed by atoms with Crippen LogP contribution in [0.15, 0.2) is 36.4 Å². The molecule has 6 nitrogen and oxygen atoms in total. The van der Waals surface area contributed by atoms with Gasteiger partial charge in [-0.05, 0) is 97.5 Å². The first kappa shape index (κ1) is 32.3. The van der Waals surface area contributed by atoms with E-state index in [4.69, 9.17) is 13.1 Å². The largest absolute Gasteiger partial charge is 0.383 e. The Kier molecular flexibility index (Phi) is 11.2. The van der Waals surface area contributed by atoms with Crippen LogP contribution in [0.2, 0.25) is 0 Å². The van der Waals surface area contributed by atoms with Crippen LogP contribution in [0.3, 0.4) is 0 Å². The molecule has 8 heteroatoms. The predicted octanol–water partition coefficient (Wildman–Crippen LogP) is 8.61. The molecule has 2 aromatic heterocycles. The number of thioether (sulfide) groups is 2. The van der Waals surface area contributed by atoms with Gasteiger partial charge in [-0.1, -0.05) is 21.3 Å². The summed E-state index contributed by atoms with van der Waals surface area (Å²) in [5.41, 5.74) is 5.08. The van der Waals surface area contributed by atoms with Crippen LogP contribution in [-0.2, 0) is 11.2 Å². The second kappa shape index (κ2) is 13.5. The Morgan fingerprint density at radius 1 is 0.718 bits per heavy atom. The third kappa shape index (κ3) is 7.62. The van der Waals surface area contributed by atoms with Crippen molar-refractivity contribution in [1.82, 2.24) is 9.97 Å². The fraction of sp³-hybridized carbons (Fsp3) is 0.419. The summed E-state index contributed by atoms with van der Waals surface area (Å²) >= 11 is 3.42. The molecule has 2 atom stereocenters. The first-order valence-corrected chi connectivity index (χ1v) is 14.9. The van der Waals surface area contributed by atoms with Gasteiger partial charge in [-0.25, -0.2) is 9.69 Å². The molecule has 0 saturated heterocycles. The first-order valence-electron chi connectivity index (χ1n) is 12.6. The van der Waals surface area contributed by atoms with Gasteiger partial charge in [-0.2, -0.15) is 23.5 Å². The van der Waals surface area contributed by atoms with E-state index in [0.29, 0.717) is 22.9 Å². The fourth-order valence-electron chi connectivity index (χ4n) is 4.13. The lowest BCUT2D eigenvalue weighted by molar-refractivity contribution is 0.0795. The molecule has 4 N–H and O–H groups in total. The van der Waals surface area contributed by atoms with E-state index in [1.165, 1.54) is 0 Å². The third-order valence-corrected chi connectivity index (χ3v) is 8.80. The highest BCUT2D eigenvalue weighted by Gasteiger charge is 2.26. The van der Waals surface area contributed by atoms with Crippen LogP contribution in [-0.4, -0.2) is 43.2 Å². The number of fused-ring (bicyclic) bond motifs is 2. The fourth-order valence-corrected chi connectivity index (χ4v) is 5.65. The standard InChI is InChI=1S/2C15H18N2OS.CH4/c2*1-5-19-9-15(3,18)14-8-11-7-12(16-4)10(2)6-13(11)17-14;/h2*6-8,17-18H,5,9H2,1-3H3;1H4. The molecule has 0 saturated carbocycles. The number of aromatic amines is 2. The van der Waals surface area contributed by atoms with E-state index < -0.39 is 11.2 Å². The number of aryl methyl sites for hydroxylation is 2. The van der Waals surface area contributed by atoms with Crippen molar-refractivity contribution in [3.8, 4) is 0 Å². The molecule has 0 spiro atoms. The van der Waals surface area contributed by atoms with Gasteiger partial charge in [-0.15, -0.1) is 0 Å². The van der Waals surface area contributed by atoms with E-state index in [1.54, 1.807) is 23.5 Å². The highest BCUT2D eigenvalue weighted by molar-refractivity contribution is 7.99. The zero-order chi connectivity index (χ0) is 28.1. The summed E-state index contributed by atoms with van der Waals surface area (Å²) in [6.45, 7) is 25.9. The first-order chi connectivity index (χ1) is 17.9. The quantitative estimate of drug-likeness (QED) is 0.162. The third-order valence-electron chi connectivity index (χ3n) is 6.45. The van der Waals surface area contributed by atoms with Gasteiger partial charge < -0.3 is 20.2 Å². The average Bonchev–Trinajstić information content (AvgIpc) is 3.50. The topological polar surface area (TPSA) is 80.8 Å². The lowest BCUT2D eigenvalue weighted by Gasteiger charge is -2.21. The minimum absolute atomic E-state index is 0. The van der Waals surface area contributed by atoms with Crippen LogP contribution >= 0.6 is 23.5 Å². The van der Waals surface area contributed by atoms with Crippen molar-refractivity contribution in [3.05, 3.63) is 81.7 Å². The van der Waals surface area contributed by atoms with E-state index in [0.717, 1.165) is 55.8 Å². The molecule has 0 bridgehead atoms. The molecule has 0 amide bonds. The van der Waals surface area contributed by atoms with Gasteiger partial charge in [0, 0.05) is 33.9 Å². The number of aromatic nitrogens is 2. The second-order valence-electron chi connectivity index (χ2n) is 9.86. The van der Waals surface area contributed by atoms with Gasteiger partial charge >= 0.3 is 0 Å². The Morgan fingerprint density at radius 2 is 1.08 bits per heavy atom. The number of hydrogen-bond acceptors (Lipinski definition) is 4. The number of nitrogens with zero attached hydrogens (tertiary/aromatic N) is 2. The number of hydrogen-bond donors (Lipinski definition) is 4. The maximum Gasteiger partial charge on any atom is 0.190 e. The van der Waals surface area contributed by atoms with Crippen LogP contribution in [0.5, 0.6) is 0 Å². The van der Waals surface area contributed by atoms with Gasteiger partial charge in [0.2, 0.25) is 0 Å². The zero-order valence-electron chi connectivity index (χ0n) is 22.9. The van der Waals surface area contributed by atoms with Crippen LogP contribution < -0.4 is 0 Å². The second-order valence-corrected chi connectivity index (χ2v) is 12.4. The molecule has 2 heterocycles. The Balaban J connectivity index is 0.000000267. The molecule has 0 aliphatic carbocycles. The van der Waals surface area contributed by atoms with Gasteiger partial charge in [0.1, 0.15) is 11.2 Å². The van der Waals surface area contributed by atoms with E-state index in [9.17, 15) is 10.2 Å². The van der Waals surface area contributed by atoms with Crippen LogP contribution in [0.1, 0.15) is 57.6 Å². The minimum Gasteiger partial charge on any atom is -0.383 e. The Morgan fingerprint density at radius 3 is 1.38 bits per heavy atom. The van der Waals surface area contributed by atoms with Crippen molar-refractivity contribution >= 4 is 56.7 Å². The van der Waals surface area contributed by atoms with Gasteiger partial charge in [0.25, 0.3) is 0 Å². The van der Waals surface area contributed by atoms with Crippen molar-refractivity contribution in [3.63, 3.8) is 0 Å². The van der Waals surface area contributed by atoms with E-state index in [-0.39, 0.29) is 7.43 Å². The summed E-state index contributed by atoms with van der Waals surface area (Å²) < 4.78 is 0. The van der Waals surface area contributed by atoms with Gasteiger partial charge in [0.15, 0.2) is 11.4 Å². The molecule has 4 aromatic rings. The smallest absolute Gasteiger partial charge is 0.190 e. The maximum atomic E-state index is 10.5. The minimum atomic E-state index is -0.869. The van der Waals surface area contributed by atoms with Crippen LogP contribution in [0.4, 0.5) is 11.4 Å². The average molecular weight is 565 g/mol. The van der Waals surface area contributed by atoms with Gasteiger partial charge in [0.05, 0.1) is 13.1 Å². The van der Waals surface area contributed by atoms with Crippen molar-refractivity contribution in [2.24, 2.45) is 0 Å². The van der Waals surface area contributed by atoms with E-state index in [1.807, 2.05) is 64.1 Å². The highest BCUT2D eigenvalue weighted by Crippen LogP contribution is 2.32. The van der Waals surface area contributed by atoms with Crippen molar-refractivity contribution in [1.29, 1.82) is 0 Å². The van der Waals surface area contributed by atoms with E-state index in [2.05, 4.69) is 33.5 Å². The number of aliphatic hydroxyl groups is 2. The zero-order valence-corrected chi connectivity index (χ0v) is 24.5. The Bertz CT molecular complexity index is 1390. The molecule has 2 unspecified atom stereocenters. The summed E-state index contributed by atoms with van der Waals surface area (Å²) in [6.07, 6.45) is 0. The number of nitrogens with one attached hydrogen (secondary N) is 2. The van der Waals surface area contributed by atoms with Crippen LogP contribution in [0.25, 0.3) is 31.5 Å². The monoisotopic (exact) mass is 564 g/mol. The normalized spacial score (nSPS) is 13.9. The van der Waals surface area contributed by atoms with Gasteiger partial charge in [-0.3, -0.25) is 0 Å². The summed E-state index contributed by atoms with van der Waals surface area (Å²) in [5.74, 6) is 3.28. The van der Waals surface area contributed by atoms with Crippen molar-refractivity contribution < 1.29 is 10.2 Å². The molecule has 0 aliphatic rings.